The van der Waals surface area contributed by atoms with Crippen LogP contribution in [0.1, 0.15) is 85.5 Å². The van der Waals surface area contributed by atoms with Gasteiger partial charge in [-0.2, -0.15) is 0 Å². The fraction of sp³-hybridized carbons (Fsp3) is 0.955. The maximum absolute atomic E-state index is 12.5. The Balaban J connectivity index is 1.79. The van der Waals surface area contributed by atoms with E-state index in [0.717, 1.165) is 51.4 Å². The van der Waals surface area contributed by atoms with Gasteiger partial charge in [0, 0.05) is 0 Å². The summed E-state index contributed by atoms with van der Waals surface area (Å²) < 4.78 is 5.38. The van der Waals surface area contributed by atoms with Crippen molar-refractivity contribution in [3.63, 3.8) is 0 Å². The van der Waals surface area contributed by atoms with Crippen LogP contribution in [0, 0.1) is 28.6 Å². The van der Waals surface area contributed by atoms with Crippen molar-refractivity contribution in [2.24, 2.45) is 28.6 Å². The van der Waals surface area contributed by atoms with Crippen molar-refractivity contribution in [2.75, 3.05) is 6.61 Å². The minimum absolute atomic E-state index is 0.0175. The topological polar surface area (TPSA) is 66.8 Å². The summed E-state index contributed by atoms with van der Waals surface area (Å²) >= 11 is 0. The zero-order valence-electron chi connectivity index (χ0n) is 17.1. The van der Waals surface area contributed by atoms with Gasteiger partial charge in [0.05, 0.1) is 24.2 Å². The molecule has 150 valence electrons. The highest BCUT2D eigenvalue weighted by Crippen LogP contribution is 2.72. The highest BCUT2D eigenvalue weighted by Gasteiger charge is 2.68. The number of hydrogen-bond donors (Lipinski definition) is 2. The fourth-order valence-corrected chi connectivity index (χ4v) is 6.66. The monoisotopic (exact) mass is 366 g/mol. The Morgan fingerprint density at radius 3 is 2.65 bits per heavy atom. The average molecular weight is 367 g/mol. The van der Waals surface area contributed by atoms with Gasteiger partial charge in [0.1, 0.15) is 0 Å². The van der Waals surface area contributed by atoms with Gasteiger partial charge < -0.3 is 14.9 Å². The first-order valence-corrected chi connectivity index (χ1v) is 10.7. The summed E-state index contributed by atoms with van der Waals surface area (Å²) in [5.41, 5.74) is -0.482. The molecule has 4 unspecified atom stereocenters. The SMILES string of the molecule is CCOC(=O)C1CC1(CCCC(C)(C)O)C1CCC2[C@@H](O)CCC[C@@]21C. The number of carbonyl (C=O) groups excluding carboxylic acids is 1. The molecule has 2 N–H and O–H groups in total. The predicted molar refractivity (Wildman–Crippen MR) is 102 cm³/mol. The van der Waals surface area contributed by atoms with Crippen molar-refractivity contribution in [3.8, 4) is 0 Å². The largest absolute Gasteiger partial charge is 0.466 e. The normalized spacial score (nSPS) is 42.4. The van der Waals surface area contributed by atoms with E-state index in [4.69, 9.17) is 4.74 Å². The number of fused-ring (bicyclic) bond motifs is 1. The Bertz CT molecular complexity index is 525. The molecule has 0 aliphatic heterocycles. The van der Waals surface area contributed by atoms with Crippen LogP contribution >= 0.6 is 0 Å². The molecule has 0 heterocycles. The molecule has 3 aliphatic carbocycles. The lowest BCUT2D eigenvalue weighted by molar-refractivity contribution is -0.146. The third kappa shape index (κ3) is 3.56. The van der Waals surface area contributed by atoms with E-state index < -0.39 is 5.60 Å². The highest BCUT2D eigenvalue weighted by atomic mass is 16.5. The molecule has 0 saturated heterocycles. The van der Waals surface area contributed by atoms with E-state index in [0.29, 0.717) is 18.4 Å². The van der Waals surface area contributed by atoms with Crippen LogP contribution in [-0.4, -0.2) is 34.5 Å². The van der Waals surface area contributed by atoms with Gasteiger partial charge in [0.2, 0.25) is 0 Å². The summed E-state index contributed by atoms with van der Waals surface area (Å²) in [5.74, 6) is 0.866. The zero-order valence-corrected chi connectivity index (χ0v) is 17.1. The van der Waals surface area contributed by atoms with Crippen LogP contribution in [0.2, 0.25) is 0 Å². The Labute approximate surface area is 158 Å². The molecular weight excluding hydrogens is 328 g/mol. The maximum Gasteiger partial charge on any atom is 0.309 e. The van der Waals surface area contributed by atoms with E-state index in [9.17, 15) is 15.0 Å². The smallest absolute Gasteiger partial charge is 0.309 e. The third-order valence-corrected chi connectivity index (χ3v) is 7.90. The van der Waals surface area contributed by atoms with Gasteiger partial charge >= 0.3 is 5.97 Å². The van der Waals surface area contributed by atoms with E-state index in [1.165, 1.54) is 6.42 Å². The second-order valence-electron chi connectivity index (χ2n) is 10.1. The second-order valence-corrected chi connectivity index (χ2v) is 10.1. The van der Waals surface area contributed by atoms with Gasteiger partial charge in [-0.25, -0.2) is 0 Å². The van der Waals surface area contributed by atoms with Gasteiger partial charge in [0.25, 0.3) is 0 Å². The molecule has 0 aromatic carbocycles. The van der Waals surface area contributed by atoms with Crippen LogP contribution in [0.3, 0.4) is 0 Å². The first-order chi connectivity index (χ1) is 12.1. The van der Waals surface area contributed by atoms with Crippen molar-refractivity contribution >= 4 is 5.97 Å². The molecule has 4 heteroatoms. The zero-order chi connectivity index (χ0) is 19.2. The summed E-state index contributed by atoms with van der Waals surface area (Å²) in [6.45, 7) is 8.41. The second kappa shape index (κ2) is 7.09. The van der Waals surface area contributed by atoms with Crippen LogP contribution in [0.5, 0.6) is 0 Å². The standard InChI is InChI=1S/C22H38O4/c1-5-26-19(24)16-14-22(16,13-7-11-20(2,3)25)18-10-9-15-17(23)8-6-12-21(15,18)4/h15-18,23,25H,5-14H2,1-4H3/t15?,16?,17-,18?,21-,22?/m0/s1. The van der Waals surface area contributed by atoms with Gasteiger partial charge in [-0.3, -0.25) is 4.79 Å². The van der Waals surface area contributed by atoms with E-state index >= 15 is 0 Å². The van der Waals surface area contributed by atoms with Crippen molar-refractivity contribution in [1.82, 2.24) is 0 Å². The van der Waals surface area contributed by atoms with E-state index in [2.05, 4.69) is 6.92 Å². The lowest BCUT2D eigenvalue weighted by atomic mass is 9.59. The van der Waals surface area contributed by atoms with Crippen LogP contribution in [-0.2, 0) is 9.53 Å². The highest BCUT2D eigenvalue weighted by molar-refractivity contribution is 5.77. The average Bonchev–Trinajstić information content (AvgIpc) is 3.13. The minimum atomic E-state index is -0.654. The van der Waals surface area contributed by atoms with Crippen LogP contribution < -0.4 is 0 Å². The summed E-state index contributed by atoms with van der Waals surface area (Å²) in [7, 11) is 0. The Kier molecular flexibility index (Phi) is 5.49. The summed E-state index contributed by atoms with van der Waals surface area (Å²) in [4.78, 5) is 12.5. The van der Waals surface area contributed by atoms with Gasteiger partial charge in [-0.1, -0.05) is 19.8 Å². The molecule has 4 nitrogen and oxygen atoms in total. The third-order valence-electron chi connectivity index (χ3n) is 7.90. The molecule has 26 heavy (non-hydrogen) atoms. The molecule has 6 atom stereocenters. The van der Waals surface area contributed by atoms with Crippen molar-refractivity contribution in [1.29, 1.82) is 0 Å². The molecule has 3 fully saturated rings. The fourth-order valence-electron chi connectivity index (χ4n) is 6.66. The lowest BCUT2D eigenvalue weighted by Crippen LogP contribution is -2.43. The van der Waals surface area contributed by atoms with Gasteiger partial charge in [-0.05, 0) is 88.4 Å². The number of hydrogen-bond acceptors (Lipinski definition) is 4. The maximum atomic E-state index is 12.5. The van der Waals surface area contributed by atoms with E-state index in [1.54, 1.807) is 0 Å². The molecule has 3 rings (SSSR count). The predicted octanol–water partition coefficient (Wildman–Crippen LogP) is 4.07. The minimum Gasteiger partial charge on any atom is -0.466 e. The van der Waals surface area contributed by atoms with Crippen LogP contribution in [0.25, 0.3) is 0 Å². The van der Waals surface area contributed by atoms with Gasteiger partial charge in [-0.15, -0.1) is 0 Å². The first kappa shape index (κ1) is 20.1. The van der Waals surface area contributed by atoms with Crippen LogP contribution in [0.15, 0.2) is 0 Å². The number of carbonyl (C=O) groups is 1. The summed E-state index contributed by atoms with van der Waals surface area (Å²) in [5, 5.41) is 20.7. The van der Waals surface area contributed by atoms with E-state index in [-0.39, 0.29) is 28.8 Å². The molecule has 0 aromatic heterocycles. The number of rotatable bonds is 7. The molecule has 0 spiro atoms. The molecule has 0 amide bonds. The Morgan fingerprint density at radius 1 is 1.27 bits per heavy atom. The van der Waals surface area contributed by atoms with Crippen molar-refractivity contribution in [2.45, 2.75) is 97.2 Å². The Hall–Kier alpha value is -0.610. The molecule has 3 saturated carbocycles. The number of aliphatic hydroxyl groups excluding tert-OH is 1. The van der Waals surface area contributed by atoms with Crippen LogP contribution in [0.4, 0.5) is 0 Å². The number of esters is 1. The van der Waals surface area contributed by atoms with E-state index in [1.807, 2.05) is 20.8 Å². The van der Waals surface area contributed by atoms with Crippen molar-refractivity contribution in [3.05, 3.63) is 0 Å². The molecular formula is C22H38O4. The summed E-state index contributed by atoms with van der Waals surface area (Å²) in [6.07, 6.45) is 8.86. The Morgan fingerprint density at radius 2 is 2.00 bits per heavy atom. The first-order valence-electron chi connectivity index (χ1n) is 10.7. The quantitative estimate of drug-likeness (QED) is 0.667. The lowest BCUT2D eigenvalue weighted by Gasteiger charge is -2.46. The number of ether oxygens (including phenoxy) is 1. The molecule has 3 aliphatic rings. The molecule has 0 radical (unpaired) electrons. The molecule has 0 bridgehead atoms. The van der Waals surface area contributed by atoms with Crippen molar-refractivity contribution < 1.29 is 19.7 Å². The summed E-state index contributed by atoms with van der Waals surface area (Å²) in [6, 6.07) is 0. The van der Waals surface area contributed by atoms with Gasteiger partial charge in [0.15, 0.2) is 0 Å². The molecule has 0 aromatic rings. The number of aliphatic hydroxyl groups is 2.